The Bertz CT molecular complexity index is 460. The highest BCUT2D eigenvalue weighted by Gasteiger charge is 2.17. The van der Waals surface area contributed by atoms with Crippen LogP contribution in [0.1, 0.15) is 45.6 Å². The fourth-order valence-electron chi connectivity index (χ4n) is 2.20. The number of oxime groups is 1. The third-order valence-electron chi connectivity index (χ3n) is 3.28. The summed E-state index contributed by atoms with van der Waals surface area (Å²) in [5, 5.41) is 12.7. The van der Waals surface area contributed by atoms with Crippen molar-refractivity contribution < 1.29 is 5.21 Å². The minimum absolute atomic E-state index is 0.109. The Kier molecular flexibility index (Phi) is 6.65. The molecule has 0 aliphatic heterocycles. The zero-order chi connectivity index (χ0) is 15.1. The van der Waals surface area contributed by atoms with Crippen LogP contribution in [0, 0.1) is 0 Å². The van der Waals surface area contributed by atoms with Crippen molar-refractivity contribution in [3.63, 3.8) is 0 Å². The number of amidine groups is 1. The van der Waals surface area contributed by atoms with E-state index in [-0.39, 0.29) is 5.84 Å². The van der Waals surface area contributed by atoms with Crippen molar-refractivity contribution in [2.24, 2.45) is 10.9 Å². The predicted molar refractivity (Wildman–Crippen MR) is 86.0 cm³/mol. The van der Waals surface area contributed by atoms with Gasteiger partial charge in [-0.2, -0.15) is 0 Å². The molecule has 5 heteroatoms. The second-order valence-corrected chi connectivity index (χ2v) is 5.58. The van der Waals surface area contributed by atoms with Crippen LogP contribution in [0.25, 0.3) is 0 Å². The lowest BCUT2D eigenvalue weighted by molar-refractivity contribution is 0.318. The quantitative estimate of drug-likeness (QED) is 0.264. The van der Waals surface area contributed by atoms with E-state index < -0.39 is 0 Å². The molecule has 3 N–H and O–H groups in total. The van der Waals surface area contributed by atoms with Crippen LogP contribution in [0.15, 0.2) is 23.4 Å². The Morgan fingerprint density at radius 1 is 1.40 bits per heavy atom. The minimum Gasteiger partial charge on any atom is -0.409 e. The molecule has 0 aliphatic carbocycles. The monoisotopic (exact) mass is 297 g/mol. The molecule has 0 amide bonds. The van der Waals surface area contributed by atoms with Gasteiger partial charge in [-0.1, -0.05) is 36.5 Å². The maximum atomic E-state index is 8.93. The standard InChI is InChI=1S/C15H24ClN3O/c1-4-5-6-9-19(11(2)3)14-10-12(16)7-8-13(14)15(17)18-20/h7-8,10-11,20H,4-6,9H2,1-3H3,(H2,17,18). The Hall–Kier alpha value is -1.42. The first kappa shape index (κ1) is 16.6. The molecule has 0 heterocycles. The van der Waals surface area contributed by atoms with Gasteiger partial charge in [0.2, 0.25) is 0 Å². The van der Waals surface area contributed by atoms with Crippen LogP contribution in [-0.4, -0.2) is 23.6 Å². The molecule has 0 spiro atoms. The fraction of sp³-hybridized carbons (Fsp3) is 0.533. The van der Waals surface area contributed by atoms with Crippen LogP contribution in [-0.2, 0) is 0 Å². The molecule has 1 aromatic rings. The van der Waals surface area contributed by atoms with Crippen LogP contribution in [0.4, 0.5) is 5.69 Å². The molecule has 0 aromatic heterocycles. The van der Waals surface area contributed by atoms with Crippen molar-refractivity contribution in [2.45, 2.75) is 46.1 Å². The van der Waals surface area contributed by atoms with E-state index in [1.165, 1.54) is 12.8 Å². The summed E-state index contributed by atoms with van der Waals surface area (Å²) in [6, 6.07) is 5.74. The first-order valence-corrected chi connectivity index (χ1v) is 7.43. The first-order valence-electron chi connectivity index (χ1n) is 7.05. The van der Waals surface area contributed by atoms with E-state index in [1.807, 2.05) is 6.07 Å². The van der Waals surface area contributed by atoms with Crippen LogP contribution in [0.2, 0.25) is 5.02 Å². The number of unbranched alkanes of at least 4 members (excludes halogenated alkanes) is 2. The van der Waals surface area contributed by atoms with E-state index in [0.29, 0.717) is 16.6 Å². The van der Waals surface area contributed by atoms with Gasteiger partial charge in [-0.3, -0.25) is 0 Å². The molecule has 4 nitrogen and oxygen atoms in total. The van der Waals surface area contributed by atoms with E-state index in [0.717, 1.165) is 18.7 Å². The fourth-order valence-corrected chi connectivity index (χ4v) is 2.37. The molecule has 0 aliphatic rings. The number of rotatable bonds is 7. The highest BCUT2D eigenvalue weighted by molar-refractivity contribution is 6.31. The van der Waals surface area contributed by atoms with Crippen molar-refractivity contribution in [2.75, 3.05) is 11.4 Å². The molecule has 112 valence electrons. The summed E-state index contributed by atoms with van der Waals surface area (Å²) in [6.07, 6.45) is 3.47. The lowest BCUT2D eigenvalue weighted by atomic mass is 10.1. The first-order chi connectivity index (χ1) is 9.51. The van der Waals surface area contributed by atoms with Crippen molar-refractivity contribution in [1.82, 2.24) is 0 Å². The Balaban J connectivity index is 3.13. The maximum Gasteiger partial charge on any atom is 0.172 e. The topological polar surface area (TPSA) is 61.8 Å². The lowest BCUT2D eigenvalue weighted by Crippen LogP contribution is -2.33. The Morgan fingerprint density at radius 3 is 2.65 bits per heavy atom. The van der Waals surface area contributed by atoms with Gasteiger partial charge in [0.25, 0.3) is 0 Å². The van der Waals surface area contributed by atoms with Crippen molar-refractivity contribution in [3.8, 4) is 0 Å². The van der Waals surface area contributed by atoms with Gasteiger partial charge in [-0.25, -0.2) is 0 Å². The van der Waals surface area contributed by atoms with Crippen LogP contribution in [0.5, 0.6) is 0 Å². The van der Waals surface area contributed by atoms with Gasteiger partial charge in [0, 0.05) is 28.9 Å². The average Bonchev–Trinajstić information content (AvgIpc) is 2.42. The molecular formula is C15H24ClN3O. The maximum absolute atomic E-state index is 8.93. The number of anilines is 1. The largest absolute Gasteiger partial charge is 0.409 e. The van der Waals surface area contributed by atoms with Crippen molar-refractivity contribution in [1.29, 1.82) is 0 Å². The SMILES string of the molecule is CCCCCN(c1cc(Cl)ccc1C(N)=NO)C(C)C. The molecule has 1 aromatic carbocycles. The molecule has 0 fully saturated rings. The summed E-state index contributed by atoms with van der Waals surface area (Å²) in [5.41, 5.74) is 7.39. The molecule has 1 rings (SSSR count). The molecule has 0 atom stereocenters. The van der Waals surface area contributed by atoms with E-state index in [4.69, 9.17) is 22.5 Å². The van der Waals surface area contributed by atoms with Gasteiger partial charge in [-0.15, -0.1) is 0 Å². The van der Waals surface area contributed by atoms with Gasteiger partial charge >= 0.3 is 0 Å². The summed E-state index contributed by atoms with van der Waals surface area (Å²) in [6.45, 7) is 7.37. The summed E-state index contributed by atoms with van der Waals surface area (Å²) in [5.74, 6) is 0.109. The lowest BCUT2D eigenvalue weighted by Gasteiger charge is -2.31. The van der Waals surface area contributed by atoms with Gasteiger partial charge in [-0.05, 0) is 38.5 Å². The minimum atomic E-state index is 0.109. The van der Waals surface area contributed by atoms with Crippen LogP contribution >= 0.6 is 11.6 Å². The highest BCUT2D eigenvalue weighted by Crippen LogP contribution is 2.27. The van der Waals surface area contributed by atoms with Crippen LogP contribution in [0.3, 0.4) is 0 Å². The summed E-state index contributed by atoms with van der Waals surface area (Å²) >= 11 is 6.10. The second kappa shape index (κ2) is 8.00. The number of hydrogen-bond donors (Lipinski definition) is 2. The predicted octanol–water partition coefficient (Wildman–Crippen LogP) is 3.84. The molecular weight excluding hydrogens is 274 g/mol. The zero-order valence-electron chi connectivity index (χ0n) is 12.4. The van der Waals surface area contributed by atoms with E-state index in [2.05, 4.69) is 30.8 Å². The number of halogens is 1. The van der Waals surface area contributed by atoms with Gasteiger partial charge in [0.1, 0.15) is 0 Å². The number of nitrogens with zero attached hydrogens (tertiary/aromatic N) is 2. The average molecular weight is 298 g/mol. The summed E-state index contributed by atoms with van der Waals surface area (Å²) in [7, 11) is 0. The molecule has 0 saturated heterocycles. The summed E-state index contributed by atoms with van der Waals surface area (Å²) < 4.78 is 0. The third-order valence-corrected chi connectivity index (χ3v) is 3.51. The summed E-state index contributed by atoms with van der Waals surface area (Å²) in [4.78, 5) is 2.24. The van der Waals surface area contributed by atoms with Crippen molar-refractivity contribution >= 4 is 23.1 Å². The number of benzene rings is 1. The van der Waals surface area contributed by atoms with E-state index in [9.17, 15) is 0 Å². The van der Waals surface area contributed by atoms with Gasteiger partial charge in [0.05, 0.1) is 0 Å². The van der Waals surface area contributed by atoms with E-state index >= 15 is 0 Å². The number of hydrogen-bond acceptors (Lipinski definition) is 3. The molecule has 0 bridgehead atoms. The molecule has 0 radical (unpaired) electrons. The molecule has 20 heavy (non-hydrogen) atoms. The Labute approximate surface area is 126 Å². The second-order valence-electron chi connectivity index (χ2n) is 5.14. The van der Waals surface area contributed by atoms with E-state index in [1.54, 1.807) is 12.1 Å². The third kappa shape index (κ3) is 4.30. The van der Waals surface area contributed by atoms with Gasteiger partial charge < -0.3 is 15.8 Å². The van der Waals surface area contributed by atoms with Crippen LogP contribution < -0.4 is 10.6 Å². The normalized spacial score (nSPS) is 11.9. The smallest absolute Gasteiger partial charge is 0.172 e. The van der Waals surface area contributed by atoms with Gasteiger partial charge in [0.15, 0.2) is 5.84 Å². The molecule has 0 saturated carbocycles. The molecule has 0 unspecified atom stereocenters. The zero-order valence-corrected chi connectivity index (χ0v) is 13.2. The Morgan fingerprint density at radius 2 is 2.10 bits per heavy atom. The highest BCUT2D eigenvalue weighted by atomic mass is 35.5. The number of nitrogens with two attached hydrogens (primary N) is 1. The van der Waals surface area contributed by atoms with Crippen molar-refractivity contribution in [3.05, 3.63) is 28.8 Å².